The van der Waals surface area contributed by atoms with Crippen molar-refractivity contribution in [2.24, 2.45) is 0 Å². The number of sulfonamides is 1. The van der Waals surface area contributed by atoms with Gasteiger partial charge in [0.1, 0.15) is 10.6 Å². The van der Waals surface area contributed by atoms with Crippen molar-refractivity contribution in [3.8, 4) is 5.75 Å². The highest BCUT2D eigenvalue weighted by Gasteiger charge is 2.33. The number of carbonyl (C=O) groups excluding carboxylic acids is 1. The molecule has 4 rings (SSSR count). The van der Waals surface area contributed by atoms with E-state index in [1.165, 1.54) is 11.4 Å². The van der Waals surface area contributed by atoms with Crippen LogP contribution in [0.2, 0.25) is 0 Å². The van der Waals surface area contributed by atoms with E-state index in [-0.39, 0.29) is 23.9 Å². The number of ether oxygens (including phenoxy) is 1. The molecular formula is C19H24N4O4S. The Balaban J connectivity index is 1.45. The number of aryl methyl sites for hydroxylation is 2. The maximum absolute atomic E-state index is 13.0. The van der Waals surface area contributed by atoms with Gasteiger partial charge < -0.3 is 9.64 Å². The highest BCUT2D eigenvalue weighted by atomic mass is 32.2. The van der Waals surface area contributed by atoms with Gasteiger partial charge in [0, 0.05) is 38.4 Å². The van der Waals surface area contributed by atoms with Gasteiger partial charge in [0.05, 0.1) is 7.11 Å². The lowest BCUT2D eigenvalue weighted by Gasteiger charge is -2.33. The molecule has 8 nitrogen and oxygen atoms in total. The number of amides is 1. The molecule has 3 heterocycles. The van der Waals surface area contributed by atoms with E-state index in [4.69, 9.17) is 4.74 Å². The summed E-state index contributed by atoms with van der Waals surface area (Å²) in [5.74, 6) is 0.195. The third kappa shape index (κ3) is 3.40. The fourth-order valence-electron chi connectivity index (χ4n) is 3.79. The molecule has 1 aromatic heterocycles. The first-order chi connectivity index (χ1) is 13.5. The minimum absolute atomic E-state index is 0.128. The van der Waals surface area contributed by atoms with Gasteiger partial charge in [0.2, 0.25) is 10.0 Å². The fourth-order valence-corrected chi connectivity index (χ4v) is 5.37. The standard InChI is InChI=1S/C19H24N4O4S/c1-27-17-7-2-3-8-18(17)28(25,26)22-12-10-21(11-13-22)19(24)16-14-15-6-4-5-9-23(15)20-16/h2-3,7-8,14H,4-6,9-13H2,1H3. The van der Waals surface area contributed by atoms with Gasteiger partial charge in [-0.1, -0.05) is 12.1 Å². The zero-order valence-electron chi connectivity index (χ0n) is 15.9. The van der Waals surface area contributed by atoms with Gasteiger partial charge in [-0.05, 0) is 37.5 Å². The Morgan fingerprint density at radius 2 is 1.82 bits per heavy atom. The summed E-state index contributed by atoms with van der Waals surface area (Å²) in [7, 11) is -2.22. The highest BCUT2D eigenvalue weighted by Crippen LogP contribution is 2.27. The first-order valence-electron chi connectivity index (χ1n) is 9.50. The normalized spacial score (nSPS) is 18.0. The lowest BCUT2D eigenvalue weighted by atomic mass is 10.1. The Morgan fingerprint density at radius 3 is 2.54 bits per heavy atom. The van der Waals surface area contributed by atoms with Gasteiger partial charge in [0.15, 0.2) is 5.69 Å². The van der Waals surface area contributed by atoms with Crippen LogP contribution in [0.5, 0.6) is 5.75 Å². The summed E-state index contributed by atoms with van der Waals surface area (Å²) in [5, 5.41) is 4.44. The van der Waals surface area contributed by atoms with Crippen molar-refractivity contribution in [3.05, 3.63) is 41.7 Å². The predicted octanol–water partition coefficient (Wildman–Crippen LogP) is 1.37. The second-order valence-corrected chi connectivity index (χ2v) is 8.95. The van der Waals surface area contributed by atoms with Crippen LogP contribution in [0.3, 0.4) is 0 Å². The van der Waals surface area contributed by atoms with Gasteiger partial charge in [-0.15, -0.1) is 0 Å². The van der Waals surface area contributed by atoms with Crippen LogP contribution in [0.25, 0.3) is 0 Å². The zero-order chi connectivity index (χ0) is 19.7. The van der Waals surface area contributed by atoms with Crippen molar-refractivity contribution in [3.63, 3.8) is 0 Å². The average Bonchev–Trinajstić information content (AvgIpc) is 3.17. The maximum atomic E-state index is 13.0. The highest BCUT2D eigenvalue weighted by molar-refractivity contribution is 7.89. The quantitative estimate of drug-likeness (QED) is 0.769. The van der Waals surface area contributed by atoms with E-state index in [0.29, 0.717) is 24.5 Å². The smallest absolute Gasteiger partial charge is 0.274 e. The fraction of sp³-hybridized carbons (Fsp3) is 0.474. The van der Waals surface area contributed by atoms with Crippen LogP contribution in [-0.2, 0) is 23.0 Å². The molecule has 9 heteroatoms. The van der Waals surface area contributed by atoms with E-state index in [1.807, 2.05) is 10.7 Å². The van der Waals surface area contributed by atoms with Crippen molar-refractivity contribution >= 4 is 15.9 Å². The zero-order valence-corrected chi connectivity index (χ0v) is 16.7. The summed E-state index contributed by atoms with van der Waals surface area (Å²) < 4.78 is 34.5. The molecule has 2 aliphatic rings. The SMILES string of the molecule is COc1ccccc1S(=O)(=O)N1CCN(C(=O)c2cc3n(n2)CCCC3)CC1. The van der Waals surface area contributed by atoms with Crippen LogP contribution in [0.4, 0.5) is 0 Å². The van der Waals surface area contributed by atoms with E-state index < -0.39 is 10.0 Å². The van der Waals surface area contributed by atoms with Gasteiger partial charge in [-0.2, -0.15) is 9.40 Å². The summed E-state index contributed by atoms with van der Waals surface area (Å²) >= 11 is 0. The van der Waals surface area contributed by atoms with Crippen LogP contribution >= 0.6 is 0 Å². The first kappa shape index (κ1) is 18.9. The number of rotatable bonds is 4. The molecule has 0 bridgehead atoms. The average molecular weight is 404 g/mol. The number of piperazine rings is 1. The number of para-hydroxylation sites is 1. The molecule has 0 aliphatic carbocycles. The lowest BCUT2D eigenvalue weighted by Crippen LogP contribution is -2.50. The minimum Gasteiger partial charge on any atom is -0.495 e. The summed E-state index contributed by atoms with van der Waals surface area (Å²) in [5.41, 5.74) is 1.56. The van der Waals surface area contributed by atoms with E-state index in [1.54, 1.807) is 29.2 Å². The molecule has 0 spiro atoms. The second kappa shape index (κ2) is 7.56. The van der Waals surface area contributed by atoms with Crippen molar-refractivity contribution in [1.29, 1.82) is 0 Å². The minimum atomic E-state index is -3.67. The molecule has 1 amide bonds. The number of nitrogens with zero attached hydrogens (tertiary/aromatic N) is 4. The topological polar surface area (TPSA) is 84.7 Å². The molecular weight excluding hydrogens is 380 g/mol. The van der Waals surface area contributed by atoms with Gasteiger partial charge in [-0.25, -0.2) is 8.42 Å². The number of carbonyl (C=O) groups is 1. The Labute approximate surface area is 164 Å². The summed E-state index contributed by atoms with van der Waals surface area (Å²) in [6.07, 6.45) is 3.16. The van der Waals surface area contributed by atoms with Gasteiger partial charge in [-0.3, -0.25) is 9.48 Å². The van der Waals surface area contributed by atoms with Crippen LogP contribution < -0.4 is 4.74 Å². The van der Waals surface area contributed by atoms with Crippen molar-refractivity contribution in [1.82, 2.24) is 19.0 Å². The second-order valence-electron chi connectivity index (χ2n) is 7.05. The largest absolute Gasteiger partial charge is 0.495 e. The van der Waals surface area contributed by atoms with Crippen molar-refractivity contribution in [2.45, 2.75) is 30.7 Å². The van der Waals surface area contributed by atoms with E-state index >= 15 is 0 Å². The number of hydrogen-bond donors (Lipinski definition) is 0. The third-order valence-corrected chi connectivity index (χ3v) is 7.29. The summed E-state index contributed by atoms with van der Waals surface area (Å²) in [6, 6.07) is 8.46. The van der Waals surface area contributed by atoms with Crippen LogP contribution in [0.15, 0.2) is 35.2 Å². The van der Waals surface area contributed by atoms with E-state index in [2.05, 4.69) is 5.10 Å². The monoisotopic (exact) mass is 404 g/mol. The maximum Gasteiger partial charge on any atom is 0.274 e. The molecule has 1 fully saturated rings. The summed E-state index contributed by atoms with van der Waals surface area (Å²) in [6.45, 7) is 2.04. The number of fused-ring (bicyclic) bond motifs is 1. The molecule has 0 radical (unpaired) electrons. The molecule has 150 valence electrons. The number of methoxy groups -OCH3 is 1. The molecule has 0 saturated carbocycles. The van der Waals surface area contributed by atoms with Crippen LogP contribution in [0.1, 0.15) is 29.0 Å². The molecule has 28 heavy (non-hydrogen) atoms. The Hall–Kier alpha value is -2.39. The van der Waals surface area contributed by atoms with E-state index in [9.17, 15) is 13.2 Å². The predicted molar refractivity (Wildman–Crippen MR) is 103 cm³/mol. The Morgan fingerprint density at radius 1 is 1.07 bits per heavy atom. The van der Waals surface area contributed by atoms with Gasteiger partial charge >= 0.3 is 0 Å². The Kier molecular flexibility index (Phi) is 5.11. The van der Waals surface area contributed by atoms with Crippen molar-refractivity contribution < 1.29 is 17.9 Å². The summed E-state index contributed by atoms with van der Waals surface area (Å²) in [4.78, 5) is 14.6. The van der Waals surface area contributed by atoms with E-state index in [0.717, 1.165) is 31.5 Å². The first-order valence-corrected chi connectivity index (χ1v) is 10.9. The molecule has 2 aromatic rings. The molecule has 2 aliphatic heterocycles. The third-order valence-electron chi connectivity index (χ3n) is 5.35. The molecule has 1 aromatic carbocycles. The Bertz CT molecular complexity index is 954. The van der Waals surface area contributed by atoms with Gasteiger partial charge in [0.25, 0.3) is 5.91 Å². The number of aromatic nitrogens is 2. The lowest BCUT2D eigenvalue weighted by molar-refractivity contribution is 0.0691. The molecule has 1 saturated heterocycles. The molecule has 0 atom stereocenters. The molecule has 0 N–H and O–H groups in total. The number of hydrogen-bond acceptors (Lipinski definition) is 5. The van der Waals surface area contributed by atoms with Crippen molar-refractivity contribution in [2.75, 3.05) is 33.3 Å². The molecule has 0 unspecified atom stereocenters. The van der Waals surface area contributed by atoms with Crippen LogP contribution in [0, 0.1) is 0 Å². The van der Waals surface area contributed by atoms with Crippen LogP contribution in [-0.4, -0.2) is 66.6 Å². The number of benzene rings is 1.